The summed E-state index contributed by atoms with van der Waals surface area (Å²) in [6.07, 6.45) is 0. The molecule has 3 rings (SSSR count). The summed E-state index contributed by atoms with van der Waals surface area (Å²) in [5, 5.41) is 0. The van der Waals surface area contributed by atoms with Gasteiger partial charge in [0.2, 0.25) is 0 Å². The van der Waals surface area contributed by atoms with Crippen LogP contribution in [0.5, 0.6) is 0 Å². The summed E-state index contributed by atoms with van der Waals surface area (Å²) in [7, 11) is -3.23. The minimum Gasteiger partial charge on any atom is -0.257 e. The van der Waals surface area contributed by atoms with Gasteiger partial charge in [-0.2, -0.15) is 0 Å². The van der Waals surface area contributed by atoms with Crippen molar-refractivity contribution in [3.63, 3.8) is 0 Å². The molecule has 0 spiro atoms. The first-order valence-electron chi connectivity index (χ1n) is 6.45. The summed E-state index contributed by atoms with van der Waals surface area (Å²) in [6.45, 7) is 0. The summed E-state index contributed by atoms with van der Waals surface area (Å²) in [5.74, 6) is 0. The quantitative estimate of drug-likeness (QED) is 0.539. The van der Waals surface area contributed by atoms with Crippen molar-refractivity contribution in [2.24, 2.45) is 0 Å². The number of fused-ring (bicyclic) bond motifs is 1. The molecular weight excluding hydrogens is 340 g/mol. The van der Waals surface area contributed by atoms with Crippen LogP contribution in [-0.4, -0.2) is 7.11 Å². The van der Waals surface area contributed by atoms with Crippen LogP contribution in [0.1, 0.15) is 0 Å². The van der Waals surface area contributed by atoms with E-state index in [1.54, 1.807) is 18.4 Å². The Bertz CT molecular complexity index is 789. The Morgan fingerprint density at radius 3 is 2.04 bits per heavy atom. The monoisotopic (exact) mass is 352 g/mol. The first-order chi connectivity index (χ1) is 10.9. The molecular formula is C16H13ClO5S. The van der Waals surface area contributed by atoms with E-state index in [1.807, 2.05) is 18.2 Å². The molecule has 1 heterocycles. The van der Waals surface area contributed by atoms with Gasteiger partial charge in [0, 0.05) is 15.8 Å². The van der Waals surface area contributed by atoms with Gasteiger partial charge in [0.25, 0.3) is 7.11 Å². The maximum Gasteiger partial charge on any atom is 0.351 e. The number of rotatable bonds is 1. The molecule has 0 bridgehead atoms. The zero-order chi connectivity index (χ0) is 16.9. The second-order valence-corrected chi connectivity index (χ2v) is 6.26. The van der Waals surface area contributed by atoms with Crippen LogP contribution in [0.15, 0.2) is 65.1 Å². The van der Waals surface area contributed by atoms with Crippen molar-refractivity contribution in [1.29, 1.82) is 0 Å². The van der Waals surface area contributed by atoms with Crippen LogP contribution in [-0.2, 0) is 0 Å². The van der Waals surface area contributed by atoms with E-state index in [9.17, 15) is 0 Å². The zero-order valence-corrected chi connectivity index (χ0v) is 13.7. The maximum atomic E-state index is 8.49. The smallest absolute Gasteiger partial charge is 0.257 e. The number of hydrogen-bond donors (Lipinski definition) is 0. The zero-order valence-electron chi connectivity index (χ0n) is 12.1. The fraction of sp³-hybridized carbons (Fsp3) is 0.0625. The molecule has 1 aromatic carbocycles. The topological polar surface area (TPSA) is 104 Å². The summed E-state index contributed by atoms with van der Waals surface area (Å²) < 4.78 is 39.4. The first-order valence-corrected chi connectivity index (χ1v) is 8.50. The molecule has 0 radical (unpaired) electrons. The van der Waals surface area contributed by atoms with Gasteiger partial charge in [0.05, 0.1) is 5.56 Å². The van der Waals surface area contributed by atoms with Gasteiger partial charge in [-0.25, -0.2) is 18.6 Å². The molecule has 0 fully saturated rings. The predicted molar refractivity (Wildman–Crippen MR) is 78.6 cm³/mol. The average Bonchev–Trinajstić information content (AvgIpc) is 2.53. The highest BCUT2D eigenvalue weighted by atomic mass is 35.7. The molecule has 5 nitrogen and oxygen atoms in total. The number of halogens is 1. The SMILES string of the molecule is C[O+]=c1cccc2sc(-c3ccccc3)ccc1-2.[O-][Cl+3]([O-])([O-])[O-]. The third-order valence-corrected chi connectivity index (χ3v) is 4.09. The minimum absolute atomic E-state index is 0.934. The van der Waals surface area contributed by atoms with E-state index < -0.39 is 10.2 Å². The standard InChI is InChI=1S/C16H13OS.ClHO4/c1-17-14-8-5-9-16-13(14)10-11-15(18-16)12-6-3-2-4-7-12;2-1(3,4)5/h2-11H,1H3;(H,2,3,4,5)/q+1;/p-1. The van der Waals surface area contributed by atoms with Gasteiger partial charge in [0.1, 0.15) is 0 Å². The fourth-order valence-electron chi connectivity index (χ4n) is 2.02. The van der Waals surface area contributed by atoms with E-state index in [1.165, 1.54) is 20.9 Å². The highest BCUT2D eigenvalue weighted by molar-refractivity contribution is 7.18. The lowest BCUT2D eigenvalue weighted by molar-refractivity contribution is -2.00. The van der Waals surface area contributed by atoms with Crippen LogP contribution in [0.2, 0.25) is 0 Å². The van der Waals surface area contributed by atoms with Crippen LogP contribution in [0.4, 0.5) is 0 Å². The summed E-state index contributed by atoms with van der Waals surface area (Å²) in [6, 6.07) is 20.9. The number of hydrogen-bond acceptors (Lipinski definition) is 5. The Kier molecular flexibility index (Phi) is 5.84. The Labute approximate surface area is 139 Å². The third kappa shape index (κ3) is 5.40. The molecule has 0 unspecified atom stereocenters. The Hall–Kier alpha value is -1.80. The average molecular weight is 353 g/mol. The van der Waals surface area contributed by atoms with Gasteiger partial charge >= 0.3 is 5.43 Å². The first kappa shape index (κ1) is 17.6. The van der Waals surface area contributed by atoms with Gasteiger partial charge in [0.15, 0.2) is 0 Å². The van der Waals surface area contributed by atoms with Gasteiger partial charge in [-0.3, -0.25) is 4.42 Å². The normalized spacial score (nSPS) is 12.0. The molecule has 120 valence electrons. The molecule has 0 atom stereocenters. The molecule has 23 heavy (non-hydrogen) atoms. The summed E-state index contributed by atoms with van der Waals surface area (Å²) in [5.41, 5.74) is 3.36. The Morgan fingerprint density at radius 2 is 1.43 bits per heavy atom. The molecule has 0 amide bonds. The molecule has 7 heteroatoms. The van der Waals surface area contributed by atoms with E-state index in [-0.39, 0.29) is 0 Å². The Balaban J connectivity index is 0.000000338. The molecule has 0 N–H and O–H groups in total. The van der Waals surface area contributed by atoms with Crippen molar-refractivity contribution in [2.75, 3.05) is 7.11 Å². The third-order valence-electron chi connectivity index (χ3n) is 2.93. The number of benzene rings is 2. The predicted octanol–water partition coefficient (Wildman–Crippen LogP) is -0.710. The molecule has 0 saturated carbocycles. The molecule has 1 aliphatic carbocycles. The van der Waals surface area contributed by atoms with Crippen LogP contribution < -0.4 is 24.1 Å². The van der Waals surface area contributed by atoms with E-state index in [2.05, 4.69) is 42.5 Å². The highest BCUT2D eigenvalue weighted by Gasteiger charge is 2.11. The summed E-state index contributed by atoms with van der Waals surface area (Å²) in [4.78, 5) is 2.52. The van der Waals surface area contributed by atoms with Gasteiger partial charge in [-0.05, 0) is 23.8 Å². The molecule has 1 aromatic rings. The lowest BCUT2D eigenvalue weighted by atomic mass is 10.1. The highest BCUT2D eigenvalue weighted by Crippen LogP contribution is 2.32. The van der Waals surface area contributed by atoms with Gasteiger partial charge < -0.3 is 0 Å². The van der Waals surface area contributed by atoms with E-state index in [0.717, 1.165) is 5.43 Å². The summed E-state index contributed by atoms with van der Waals surface area (Å²) >= 11 is 1.79. The van der Waals surface area contributed by atoms with E-state index in [4.69, 9.17) is 23.1 Å². The van der Waals surface area contributed by atoms with Crippen molar-refractivity contribution >= 4 is 11.3 Å². The van der Waals surface area contributed by atoms with E-state index in [0.29, 0.717) is 0 Å². The largest absolute Gasteiger partial charge is 0.351 e. The van der Waals surface area contributed by atoms with Crippen molar-refractivity contribution in [3.05, 3.63) is 70.5 Å². The van der Waals surface area contributed by atoms with Crippen molar-refractivity contribution in [2.45, 2.75) is 0 Å². The molecule has 1 aliphatic heterocycles. The minimum atomic E-state index is -4.94. The molecule has 0 aromatic heterocycles. The molecule has 2 aliphatic rings. The van der Waals surface area contributed by atoms with Gasteiger partial charge in [-0.15, -0.1) is 21.6 Å². The molecule has 0 saturated heterocycles. The van der Waals surface area contributed by atoms with Gasteiger partial charge in [-0.1, -0.05) is 36.4 Å². The Morgan fingerprint density at radius 1 is 0.783 bits per heavy atom. The van der Waals surface area contributed by atoms with Crippen molar-refractivity contribution in [3.8, 4) is 20.9 Å². The van der Waals surface area contributed by atoms with Crippen LogP contribution in [0.3, 0.4) is 0 Å². The second-order valence-electron chi connectivity index (χ2n) is 4.42. The second kappa shape index (κ2) is 7.65. The van der Waals surface area contributed by atoms with Crippen LogP contribution in [0, 0.1) is 10.2 Å². The van der Waals surface area contributed by atoms with Crippen molar-refractivity contribution in [1.82, 2.24) is 0 Å². The fourth-order valence-corrected chi connectivity index (χ4v) is 3.08. The lowest BCUT2D eigenvalue weighted by Gasteiger charge is -2.17. The van der Waals surface area contributed by atoms with Crippen LogP contribution >= 0.6 is 11.3 Å². The van der Waals surface area contributed by atoms with Crippen molar-refractivity contribution < 1.29 is 28.9 Å². The van der Waals surface area contributed by atoms with E-state index >= 15 is 0 Å². The maximum absolute atomic E-state index is 8.49. The van der Waals surface area contributed by atoms with Crippen LogP contribution in [0.25, 0.3) is 20.9 Å². The lowest BCUT2D eigenvalue weighted by Crippen LogP contribution is -2.68.